The minimum atomic E-state index is -0.687. The van der Waals surface area contributed by atoms with Crippen molar-refractivity contribution in [1.29, 1.82) is 0 Å². The average molecular weight is 408 g/mol. The molecule has 0 aliphatic heterocycles. The van der Waals surface area contributed by atoms with Crippen molar-refractivity contribution in [2.45, 2.75) is 13.0 Å². The first-order chi connectivity index (χ1) is 14.0. The highest BCUT2D eigenvalue weighted by molar-refractivity contribution is 7.10. The third-order valence-corrected chi connectivity index (χ3v) is 5.17. The van der Waals surface area contributed by atoms with E-state index in [4.69, 9.17) is 4.74 Å². The van der Waals surface area contributed by atoms with Crippen molar-refractivity contribution < 1.29 is 19.1 Å². The minimum absolute atomic E-state index is 0.168. The molecule has 148 valence electrons. The number of hydrogen-bond donors (Lipinski definition) is 2. The van der Waals surface area contributed by atoms with E-state index in [-0.39, 0.29) is 17.5 Å². The molecule has 0 aliphatic rings. The van der Waals surface area contributed by atoms with Crippen LogP contribution in [0.4, 0.5) is 5.69 Å². The fourth-order valence-electron chi connectivity index (χ4n) is 2.65. The first-order valence-electron chi connectivity index (χ1n) is 9.00. The molecule has 3 rings (SSSR count). The van der Waals surface area contributed by atoms with Gasteiger partial charge in [-0.3, -0.25) is 9.59 Å². The van der Waals surface area contributed by atoms with Crippen LogP contribution < -0.4 is 10.6 Å². The van der Waals surface area contributed by atoms with Gasteiger partial charge in [-0.1, -0.05) is 36.4 Å². The quantitative estimate of drug-likeness (QED) is 0.578. The number of thiophene rings is 1. The van der Waals surface area contributed by atoms with Crippen LogP contribution in [-0.4, -0.2) is 24.4 Å². The Morgan fingerprint density at radius 3 is 2.41 bits per heavy atom. The van der Waals surface area contributed by atoms with Crippen LogP contribution in [0.2, 0.25) is 0 Å². The number of benzene rings is 2. The van der Waals surface area contributed by atoms with Crippen molar-refractivity contribution in [2.24, 2.45) is 0 Å². The van der Waals surface area contributed by atoms with Crippen LogP contribution in [0, 0.1) is 0 Å². The lowest BCUT2D eigenvalue weighted by atomic mass is 10.1. The zero-order chi connectivity index (χ0) is 20.6. The van der Waals surface area contributed by atoms with Gasteiger partial charge in [-0.05, 0) is 42.6 Å². The highest BCUT2D eigenvalue weighted by Crippen LogP contribution is 2.19. The molecule has 0 saturated heterocycles. The Bertz CT molecular complexity index is 987. The van der Waals surface area contributed by atoms with Crippen LogP contribution in [0.5, 0.6) is 0 Å². The molecule has 3 aromatic rings. The molecule has 0 radical (unpaired) electrons. The Labute approximate surface area is 172 Å². The molecule has 2 amide bonds. The maximum absolute atomic E-state index is 12.5. The van der Waals surface area contributed by atoms with Crippen molar-refractivity contribution >= 4 is 34.8 Å². The average Bonchev–Trinajstić information content (AvgIpc) is 3.28. The summed E-state index contributed by atoms with van der Waals surface area (Å²) in [5, 5.41) is 7.42. The fourth-order valence-corrected chi connectivity index (χ4v) is 3.39. The number of amides is 2. The second-order valence-corrected chi connectivity index (χ2v) is 7.23. The van der Waals surface area contributed by atoms with Crippen LogP contribution >= 0.6 is 11.3 Å². The van der Waals surface area contributed by atoms with Gasteiger partial charge >= 0.3 is 5.97 Å². The second-order valence-electron chi connectivity index (χ2n) is 6.25. The Morgan fingerprint density at radius 1 is 0.966 bits per heavy atom. The highest BCUT2D eigenvalue weighted by atomic mass is 32.1. The Kier molecular flexibility index (Phi) is 6.76. The van der Waals surface area contributed by atoms with Crippen molar-refractivity contribution in [3.8, 4) is 0 Å². The lowest BCUT2D eigenvalue weighted by Crippen LogP contribution is -2.30. The lowest BCUT2D eigenvalue weighted by Gasteiger charge is -2.13. The predicted molar refractivity (Wildman–Crippen MR) is 112 cm³/mol. The Balaban J connectivity index is 1.59. The van der Waals surface area contributed by atoms with E-state index in [9.17, 15) is 14.4 Å². The summed E-state index contributed by atoms with van der Waals surface area (Å²) in [6, 6.07) is 18.8. The minimum Gasteiger partial charge on any atom is -0.452 e. The summed E-state index contributed by atoms with van der Waals surface area (Å²) in [5.74, 6) is -1.42. The first-order valence-corrected chi connectivity index (χ1v) is 9.88. The molecule has 0 fully saturated rings. The molecular weight excluding hydrogens is 388 g/mol. The van der Waals surface area contributed by atoms with Gasteiger partial charge in [0.15, 0.2) is 6.61 Å². The molecule has 2 N–H and O–H groups in total. The van der Waals surface area contributed by atoms with E-state index < -0.39 is 18.5 Å². The summed E-state index contributed by atoms with van der Waals surface area (Å²) < 4.78 is 5.14. The van der Waals surface area contributed by atoms with E-state index in [1.165, 1.54) is 17.4 Å². The van der Waals surface area contributed by atoms with Crippen molar-refractivity contribution in [3.63, 3.8) is 0 Å². The molecule has 0 bridgehead atoms. The molecule has 29 heavy (non-hydrogen) atoms. The van der Waals surface area contributed by atoms with Gasteiger partial charge in [0.25, 0.3) is 11.8 Å². The maximum atomic E-state index is 12.5. The number of carbonyl (C=O) groups excluding carboxylic acids is 3. The summed E-state index contributed by atoms with van der Waals surface area (Å²) in [4.78, 5) is 37.9. The van der Waals surface area contributed by atoms with Gasteiger partial charge in [-0.2, -0.15) is 0 Å². The van der Waals surface area contributed by atoms with Crippen LogP contribution in [-0.2, 0) is 9.53 Å². The molecule has 1 heterocycles. The summed E-state index contributed by atoms with van der Waals surface area (Å²) >= 11 is 1.54. The molecule has 1 atom stereocenters. The number of para-hydroxylation sites is 1. The third-order valence-electron chi connectivity index (χ3n) is 4.11. The van der Waals surface area contributed by atoms with Gasteiger partial charge in [0.1, 0.15) is 0 Å². The van der Waals surface area contributed by atoms with E-state index >= 15 is 0 Å². The van der Waals surface area contributed by atoms with Gasteiger partial charge in [0, 0.05) is 10.4 Å². The molecule has 0 spiro atoms. The number of esters is 1. The second kappa shape index (κ2) is 9.66. The summed E-state index contributed by atoms with van der Waals surface area (Å²) in [6.07, 6.45) is 0. The SMILES string of the molecule is C[C@@H](NC(=O)COC(=O)c1ccccc1NC(=O)c1ccccc1)c1cccs1. The van der Waals surface area contributed by atoms with Gasteiger partial charge in [-0.15, -0.1) is 11.3 Å². The number of anilines is 1. The van der Waals surface area contributed by atoms with Crippen molar-refractivity contribution in [2.75, 3.05) is 11.9 Å². The topological polar surface area (TPSA) is 84.5 Å². The summed E-state index contributed by atoms with van der Waals surface area (Å²) in [7, 11) is 0. The zero-order valence-corrected chi connectivity index (χ0v) is 16.6. The summed E-state index contributed by atoms with van der Waals surface area (Å²) in [5.41, 5.74) is 0.965. The smallest absolute Gasteiger partial charge is 0.340 e. The molecule has 0 saturated carbocycles. The lowest BCUT2D eigenvalue weighted by molar-refractivity contribution is -0.124. The van der Waals surface area contributed by atoms with Gasteiger partial charge in [0.2, 0.25) is 0 Å². The van der Waals surface area contributed by atoms with E-state index in [0.717, 1.165) is 4.88 Å². The van der Waals surface area contributed by atoms with Crippen LogP contribution in [0.15, 0.2) is 72.1 Å². The van der Waals surface area contributed by atoms with Gasteiger partial charge in [0.05, 0.1) is 17.3 Å². The Hall–Kier alpha value is -3.45. The zero-order valence-electron chi connectivity index (χ0n) is 15.8. The van der Waals surface area contributed by atoms with Gasteiger partial charge in [-0.25, -0.2) is 4.79 Å². The van der Waals surface area contributed by atoms with Crippen LogP contribution in [0.3, 0.4) is 0 Å². The molecule has 6 nitrogen and oxygen atoms in total. The standard InChI is InChI=1S/C22H20N2O4S/c1-15(19-12-7-13-29-19)23-20(25)14-28-22(27)17-10-5-6-11-18(17)24-21(26)16-8-3-2-4-9-16/h2-13,15H,14H2,1H3,(H,23,25)(H,24,26)/t15-/m1/s1. The molecule has 7 heteroatoms. The summed E-state index contributed by atoms with van der Waals surface area (Å²) in [6.45, 7) is 1.45. The normalized spacial score (nSPS) is 11.3. The Morgan fingerprint density at radius 2 is 1.69 bits per heavy atom. The third kappa shape index (κ3) is 5.52. The predicted octanol–water partition coefficient (Wildman–Crippen LogP) is 4.03. The van der Waals surface area contributed by atoms with Gasteiger partial charge < -0.3 is 15.4 Å². The molecule has 0 aliphatic carbocycles. The van der Waals surface area contributed by atoms with Crippen LogP contribution in [0.25, 0.3) is 0 Å². The van der Waals surface area contributed by atoms with Crippen molar-refractivity contribution in [1.82, 2.24) is 5.32 Å². The molecule has 2 aromatic carbocycles. The molecule has 0 unspecified atom stereocenters. The number of ether oxygens (including phenoxy) is 1. The fraction of sp³-hybridized carbons (Fsp3) is 0.136. The van der Waals surface area contributed by atoms with E-state index in [2.05, 4.69) is 10.6 Å². The number of carbonyl (C=O) groups is 3. The highest BCUT2D eigenvalue weighted by Gasteiger charge is 2.17. The first kappa shape index (κ1) is 20.3. The van der Waals surface area contributed by atoms with Crippen molar-refractivity contribution in [3.05, 3.63) is 88.1 Å². The largest absolute Gasteiger partial charge is 0.452 e. The molecule has 1 aromatic heterocycles. The van der Waals surface area contributed by atoms with Crippen LogP contribution in [0.1, 0.15) is 38.6 Å². The molecular formula is C22H20N2O4S. The van der Waals surface area contributed by atoms with E-state index in [1.807, 2.05) is 30.5 Å². The van der Waals surface area contributed by atoms with E-state index in [1.54, 1.807) is 42.5 Å². The maximum Gasteiger partial charge on any atom is 0.340 e. The monoisotopic (exact) mass is 408 g/mol. The number of nitrogens with one attached hydrogen (secondary N) is 2. The number of hydrogen-bond acceptors (Lipinski definition) is 5. The number of rotatable bonds is 7. The van der Waals surface area contributed by atoms with E-state index in [0.29, 0.717) is 11.3 Å².